The summed E-state index contributed by atoms with van der Waals surface area (Å²) in [5.74, 6) is 1.17. The number of nitrogens with two attached hydrogens (primary N) is 1. The normalized spacial score (nSPS) is 20.5. The SMILES string of the molecule is CCCC1(CCC)c2cc(O)ccc2CC(OCCOc2ccccc2)C1N. The minimum absolute atomic E-state index is 0.0467. The number of hydrogen-bond donors (Lipinski definition) is 2. The number of rotatable bonds is 9. The van der Waals surface area contributed by atoms with Crippen LogP contribution in [-0.4, -0.2) is 30.5 Å². The van der Waals surface area contributed by atoms with E-state index >= 15 is 0 Å². The van der Waals surface area contributed by atoms with Gasteiger partial charge in [0.1, 0.15) is 18.1 Å². The van der Waals surface area contributed by atoms with Crippen molar-refractivity contribution in [3.63, 3.8) is 0 Å². The number of phenols is 1. The predicted octanol–water partition coefficient (Wildman–Crippen LogP) is 4.58. The van der Waals surface area contributed by atoms with Gasteiger partial charge in [-0.25, -0.2) is 0 Å². The summed E-state index contributed by atoms with van der Waals surface area (Å²) in [6.45, 7) is 5.41. The van der Waals surface area contributed by atoms with Crippen molar-refractivity contribution in [2.75, 3.05) is 13.2 Å². The molecule has 0 spiro atoms. The first-order valence-corrected chi connectivity index (χ1v) is 10.5. The van der Waals surface area contributed by atoms with Crippen molar-refractivity contribution < 1.29 is 14.6 Å². The lowest BCUT2D eigenvalue weighted by molar-refractivity contribution is -0.00886. The Labute approximate surface area is 168 Å². The number of phenolic OH excluding ortho intramolecular Hbond substituents is 1. The van der Waals surface area contributed by atoms with Crippen LogP contribution in [0.15, 0.2) is 48.5 Å². The molecule has 3 N–H and O–H groups in total. The zero-order valence-corrected chi connectivity index (χ0v) is 17.1. The van der Waals surface area contributed by atoms with Crippen LogP contribution in [0, 0.1) is 0 Å². The third-order valence-corrected chi connectivity index (χ3v) is 5.91. The Balaban J connectivity index is 1.75. The molecule has 1 aliphatic rings. The smallest absolute Gasteiger partial charge is 0.119 e. The largest absolute Gasteiger partial charge is 0.508 e. The number of fused-ring (bicyclic) bond motifs is 1. The molecule has 28 heavy (non-hydrogen) atoms. The van der Waals surface area contributed by atoms with Crippen molar-refractivity contribution in [1.29, 1.82) is 0 Å². The first-order valence-electron chi connectivity index (χ1n) is 10.5. The second-order valence-electron chi connectivity index (χ2n) is 7.80. The Bertz CT molecular complexity index is 741. The van der Waals surface area contributed by atoms with Crippen molar-refractivity contribution in [2.24, 2.45) is 5.73 Å². The fourth-order valence-corrected chi connectivity index (χ4v) is 4.74. The molecule has 4 heteroatoms. The van der Waals surface area contributed by atoms with Gasteiger partial charge in [-0.3, -0.25) is 0 Å². The van der Waals surface area contributed by atoms with E-state index in [1.165, 1.54) is 11.1 Å². The van der Waals surface area contributed by atoms with Gasteiger partial charge in [0.15, 0.2) is 0 Å². The molecule has 0 aromatic heterocycles. The molecular formula is C24H33NO3. The summed E-state index contributed by atoms with van der Waals surface area (Å²) in [4.78, 5) is 0. The fraction of sp³-hybridized carbons (Fsp3) is 0.500. The average Bonchev–Trinajstić information content (AvgIpc) is 2.70. The molecule has 0 saturated carbocycles. The molecule has 152 valence electrons. The Morgan fingerprint density at radius 3 is 2.43 bits per heavy atom. The summed E-state index contributed by atoms with van der Waals surface area (Å²) in [5, 5.41) is 10.1. The lowest BCUT2D eigenvalue weighted by atomic mass is 9.61. The van der Waals surface area contributed by atoms with Crippen LogP contribution in [0.3, 0.4) is 0 Å². The van der Waals surface area contributed by atoms with Crippen LogP contribution in [0.2, 0.25) is 0 Å². The number of para-hydroxylation sites is 1. The van der Waals surface area contributed by atoms with Crippen LogP contribution in [0.5, 0.6) is 11.5 Å². The Hall–Kier alpha value is -2.04. The van der Waals surface area contributed by atoms with E-state index in [-0.39, 0.29) is 17.6 Å². The maximum Gasteiger partial charge on any atom is 0.119 e. The van der Waals surface area contributed by atoms with E-state index in [4.69, 9.17) is 15.2 Å². The van der Waals surface area contributed by atoms with Crippen LogP contribution in [-0.2, 0) is 16.6 Å². The Morgan fingerprint density at radius 2 is 1.75 bits per heavy atom. The second kappa shape index (κ2) is 9.44. The molecule has 2 aromatic rings. The number of ether oxygens (including phenoxy) is 2. The van der Waals surface area contributed by atoms with Crippen molar-refractivity contribution in [3.8, 4) is 11.5 Å². The highest BCUT2D eigenvalue weighted by Crippen LogP contribution is 2.45. The molecule has 0 bridgehead atoms. The molecule has 0 saturated heterocycles. The monoisotopic (exact) mass is 383 g/mol. The highest BCUT2D eigenvalue weighted by atomic mass is 16.5. The molecule has 2 unspecified atom stereocenters. The van der Waals surface area contributed by atoms with Crippen molar-refractivity contribution in [2.45, 2.75) is 63.5 Å². The summed E-state index contributed by atoms with van der Waals surface area (Å²) in [6, 6.07) is 15.4. The van der Waals surface area contributed by atoms with Gasteiger partial charge in [-0.2, -0.15) is 0 Å². The summed E-state index contributed by atoms with van der Waals surface area (Å²) in [5.41, 5.74) is 9.15. The highest BCUT2D eigenvalue weighted by Gasteiger charge is 2.46. The Kier molecular flexibility index (Phi) is 6.97. The maximum absolute atomic E-state index is 10.1. The molecule has 0 radical (unpaired) electrons. The molecule has 0 heterocycles. The van der Waals surface area contributed by atoms with Gasteiger partial charge in [-0.15, -0.1) is 0 Å². The third-order valence-electron chi connectivity index (χ3n) is 5.91. The van der Waals surface area contributed by atoms with Crippen LogP contribution in [0.25, 0.3) is 0 Å². The number of hydrogen-bond acceptors (Lipinski definition) is 4. The first-order chi connectivity index (χ1) is 13.6. The highest BCUT2D eigenvalue weighted by molar-refractivity contribution is 5.44. The van der Waals surface area contributed by atoms with E-state index < -0.39 is 0 Å². The molecule has 2 aromatic carbocycles. The Morgan fingerprint density at radius 1 is 1.04 bits per heavy atom. The molecule has 0 amide bonds. The van der Waals surface area contributed by atoms with Crippen molar-refractivity contribution in [1.82, 2.24) is 0 Å². The topological polar surface area (TPSA) is 64.7 Å². The zero-order chi connectivity index (χ0) is 20.0. The molecule has 4 nitrogen and oxygen atoms in total. The van der Waals surface area contributed by atoms with Gasteiger partial charge >= 0.3 is 0 Å². The van der Waals surface area contributed by atoms with Gasteiger partial charge in [0.25, 0.3) is 0 Å². The van der Waals surface area contributed by atoms with E-state index in [9.17, 15) is 5.11 Å². The van der Waals surface area contributed by atoms with Crippen LogP contribution >= 0.6 is 0 Å². The first kappa shape index (κ1) is 20.7. The van der Waals surface area contributed by atoms with Crippen molar-refractivity contribution >= 4 is 0 Å². The molecule has 3 rings (SSSR count). The molecule has 1 aliphatic carbocycles. The van der Waals surface area contributed by atoms with Gasteiger partial charge in [-0.1, -0.05) is 51.0 Å². The standard InChI is InChI=1S/C24H33NO3/c1-3-12-24(13-4-2)21-17-19(26)11-10-18(21)16-22(23(24)25)28-15-14-27-20-8-6-5-7-9-20/h5-11,17,22-23,26H,3-4,12-16,25H2,1-2H3. The minimum Gasteiger partial charge on any atom is -0.508 e. The van der Waals surface area contributed by atoms with Crippen LogP contribution < -0.4 is 10.5 Å². The third kappa shape index (κ3) is 4.34. The van der Waals surface area contributed by atoms with E-state index in [1.807, 2.05) is 42.5 Å². The lowest BCUT2D eigenvalue weighted by Crippen LogP contribution is -2.57. The van der Waals surface area contributed by atoms with E-state index in [1.54, 1.807) is 6.07 Å². The number of benzene rings is 2. The second-order valence-corrected chi connectivity index (χ2v) is 7.80. The molecular weight excluding hydrogens is 350 g/mol. The molecule has 0 fully saturated rings. The van der Waals surface area contributed by atoms with Gasteiger partial charge < -0.3 is 20.3 Å². The van der Waals surface area contributed by atoms with Gasteiger partial charge in [-0.05, 0) is 48.2 Å². The summed E-state index contributed by atoms with van der Waals surface area (Å²) >= 11 is 0. The van der Waals surface area contributed by atoms with E-state index in [0.29, 0.717) is 19.0 Å². The molecule has 0 aliphatic heterocycles. The molecule has 2 atom stereocenters. The van der Waals surface area contributed by atoms with Gasteiger partial charge in [0.05, 0.1) is 12.7 Å². The number of aromatic hydroxyl groups is 1. The van der Waals surface area contributed by atoms with E-state index in [0.717, 1.165) is 37.9 Å². The van der Waals surface area contributed by atoms with Gasteiger partial charge in [0.2, 0.25) is 0 Å². The quantitative estimate of drug-likeness (QED) is 0.622. The minimum atomic E-state index is -0.152. The lowest BCUT2D eigenvalue weighted by Gasteiger charge is -2.48. The van der Waals surface area contributed by atoms with Gasteiger partial charge in [0, 0.05) is 17.9 Å². The predicted molar refractivity (Wildman–Crippen MR) is 113 cm³/mol. The zero-order valence-electron chi connectivity index (χ0n) is 17.1. The van der Waals surface area contributed by atoms with E-state index in [2.05, 4.69) is 13.8 Å². The summed E-state index contributed by atoms with van der Waals surface area (Å²) < 4.78 is 12.0. The summed E-state index contributed by atoms with van der Waals surface area (Å²) in [6.07, 6.45) is 4.82. The maximum atomic E-state index is 10.1. The van der Waals surface area contributed by atoms with Crippen LogP contribution in [0.4, 0.5) is 0 Å². The summed E-state index contributed by atoms with van der Waals surface area (Å²) in [7, 11) is 0. The van der Waals surface area contributed by atoms with Crippen molar-refractivity contribution in [3.05, 3.63) is 59.7 Å². The average molecular weight is 384 g/mol. The van der Waals surface area contributed by atoms with Crippen LogP contribution in [0.1, 0.15) is 50.7 Å². The fourth-order valence-electron chi connectivity index (χ4n) is 4.74.